The summed E-state index contributed by atoms with van der Waals surface area (Å²) in [5.41, 5.74) is 0.741. The van der Waals surface area contributed by atoms with Crippen LogP contribution in [0, 0.1) is 0 Å². The Hall–Kier alpha value is -1.79. The van der Waals surface area contributed by atoms with Crippen molar-refractivity contribution in [3.8, 4) is 0 Å². The Morgan fingerprint density at radius 1 is 1.19 bits per heavy atom. The number of benzene rings is 1. The Morgan fingerprint density at radius 3 is 2.48 bits per heavy atom. The first kappa shape index (κ1) is 20.0. The molecule has 2 aliphatic heterocycles. The Labute approximate surface area is 165 Å². The minimum Gasteiger partial charge on any atom is -0.368 e. The van der Waals surface area contributed by atoms with Crippen LogP contribution >= 0.6 is 11.6 Å². The van der Waals surface area contributed by atoms with Crippen molar-refractivity contribution in [2.24, 2.45) is 0 Å². The van der Waals surface area contributed by atoms with Gasteiger partial charge in [-0.05, 0) is 24.5 Å². The molecule has 2 saturated heterocycles. The zero-order chi connectivity index (χ0) is 19.4. The number of piperazine rings is 1. The van der Waals surface area contributed by atoms with Gasteiger partial charge >= 0.3 is 6.03 Å². The lowest BCUT2D eigenvalue weighted by atomic mass is 9.84. The third-order valence-corrected chi connectivity index (χ3v) is 5.70. The minimum absolute atomic E-state index is 0.0624. The summed E-state index contributed by atoms with van der Waals surface area (Å²) in [6.07, 6.45) is 1.46. The average molecular weight is 394 g/mol. The lowest BCUT2D eigenvalue weighted by molar-refractivity contribution is -0.142. The first-order valence-corrected chi connectivity index (χ1v) is 9.94. The molecule has 148 valence electrons. The molecule has 0 spiro atoms. The molecule has 3 amide bonds. The van der Waals surface area contributed by atoms with E-state index in [1.54, 1.807) is 4.90 Å². The second kappa shape index (κ2) is 8.48. The molecule has 1 atom stereocenters. The van der Waals surface area contributed by atoms with Crippen LogP contribution in [0.3, 0.4) is 0 Å². The van der Waals surface area contributed by atoms with E-state index in [-0.39, 0.29) is 23.5 Å². The van der Waals surface area contributed by atoms with Gasteiger partial charge in [-0.3, -0.25) is 4.79 Å². The fourth-order valence-corrected chi connectivity index (χ4v) is 4.01. The highest BCUT2D eigenvalue weighted by Gasteiger charge is 2.32. The topological polar surface area (TPSA) is 61.9 Å². The fourth-order valence-electron chi connectivity index (χ4n) is 3.62. The van der Waals surface area contributed by atoms with Gasteiger partial charge in [-0.2, -0.15) is 0 Å². The third kappa shape index (κ3) is 4.74. The summed E-state index contributed by atoms with van der Waals surface area (Å²) in [5.74, 6) is 0.0624. The Balaban J connectivity index is 1.48. The SMILES string of the molecule is CC(C)(CNC(=O)N1CCN(C(=O)C2CCCO2)CC1)c1ccccc1Cl. The number of urea groups is 1. The second-order valence-electron chi connectivity index (χ2n) is 7.84. The molecule has 1 N–H and O–H groups in total. The number of hydrogen-bond acceptors (Lipinski definition) is 3. The Morgan fingerprint density at radius 2 is 1.85 bits per heavy atom. The monoisotopic (exact) mass is 393 g/mol. The van der Waals surface area contributed by atoms with Gasteiger partial charge in [0.1, 0.15) is 6.10 Å². The Kier molecular flexibility index (Phi) is 6.27. The van der Waals surface area contributed by atoms with E-state index < -0.39 is 0 Å². The van der Waals surface area contributed by atoms with Gasteiger partial charge < -0.3 is 19.9 Å². The van der Waals surface area contributed by atoms with Gasteiger partial charge in [-0.15, -0.1) is 0 Å². The predicted octanol–water partition coefficient (Wildman–Crippen LogP) is 2.65. The van der Waals surface area contributed by atoms with E-state index in [4.69, 9.17) is 16.3 Å². The molecule has 2 heterocycles. The van der Waals surface area contributed by atoms with Gasteiger partial charge in [0, 0.05) is 49.8 Å². The van der Waals surface area contributed by atoms with Crippen LogP contribution in [0.25, 0.3) is 0 Å². The number of nitrogens with one attached hydrogen (secondary N) is 1. The lowest BCUT2D eigenvalue weighted by Crippen LogP contribution is -2.55. The highest BCUT2D eigenvalue weighted by molar-refractivity contribution is 6.31. The molecule has 27 heavy (non-hydrogen) atoms. The molecular weight excluding hydrogens is 366 g/mol. The van der Waals surface area contributed by atoms with Crippen LogP contribution in [0.5, 0.6) is 0 Å². The highest BCUT2D eigenvalue weighted by Crippen LogP contribution is 2.29. The summed E-state index contributed by atoms with van der Waals surface area (Å²) < 4.78 is 5.48. The lowest BCUT2D eigenvalue weighted by Gasteiger charge is -2.36. The molecule has 2 fully saturated rings. The van der Waals surface area contributed by atoms with Crippen LogP contribution in [0.4, 0.5) is 4.79 Å². The van der Waals surface area contributed by atoms with Crippen LogP contribution in [0.2, 0.25) is 5.02 Å². The molecule has 1 unspecified atom stereocenters. The van der Waals surface area contributed by atoms with E-state index in [2.05, 4.69) is 19.2 Å². The van der Waals surface area contributed by atoms with Gasteiger partial charge in [0.25, 0.3) is 5.91 Å². The van der Waals surface area contributed by atoms with Crippen LogP contribution in [0.1, 0.15) is 32.3 Å². The van der Waals surface area contributed by atoms with Crippen LogP contribution in [-0.2, 0) is 14.9 Å². The van der Waals surface area contributed by atoms with Gasteiger partial charge in [-0.25, -0.2) is 4.79 Å². The normalized spacial score (nSPS) is 20.6. The van der Waals surface area contributed by atoms with Gasteiger partial charge in [0.15, 0.2) is 0 Å². The Bertz CT molecular complexity index is 681. The maximum atomic E-state index is 12.5. The number of halogens is 1. The molecule has 0 aromatic heterocycles. The van der Waals surface area contributed by atoms with Crippen molar-refractivity contribution in [1.82, 2.24) is 15.1 Å². The van der Waals surface area contributed by atoms with Gasteiger partial charge in [0.2, 0.25) is 0 Å². The van der Waals surface area contributed by atoms with Crippen LogP contribution in [0.15, 0.2) is 24.3 Å². The highest BCUT2D eigenvalue weighted by atomic mass is 35.5. The standard InChI is InChI=1S/C20H28ClN3O3/c1-20(2,15-6-3-4-7-16(15)21)14-22-19(26)24-11-9-23(10-12-24)18(25)17-8-5-13-27-17/h3-4,6-7,17H,5,8-14H2,1-2H3,(H,22,26). The van der Waals surface area contributed by atoms with Crippen molar-refractivity contribution >= 4 is 23.5 Å². The smallest absolute Gasteiger partial charge is 0.317 e. The molecule has 0 radical (unpaired) electrons. The number of rotatable bonds is 4. The molecule has 1 aromatic rings. The van der Waals surface area contributed by atoms with Crippen molar-refractivity contribution < 1.29 is 14.3 Å². The number of amides is 3. The van der Waals surface area contributed by atoms with Gasteiger partial charge in [-0.1, -0.05) is 43.6 Å². The fraction of sp³-hybridized carbons (Fsp3) is 0.600. The van der Waals surface area contributed by atoms with E-state index in [1.165, 1.54) is 0 Å². The van der Waals surface area contributed by atoms with Crippen molar-refractivity contribution in [3.63, 3.8) is 0 Å². The maximum Gasteiger partial charge on any atom is 0.317 e. The molecule has 1 aromatic carbocycles. The van der Waals surface area contributed by atoms with Crippen LogP contribution < -0.4 is 5.32 Å². The molecule has 6 nitrogen and oxygen atoms in total. The van der Waals surface area contributed by atoms with E-state index in [0.717, 1.165) is 18.4 Å². The maximum absolute atomic E-state index is 12.5. The second-order valence-corrected chi connectivity index (χ2v) is 8.24. The van der Waals surface area contributed by atoms with E-state index in [1.807, 2.05) is 29.2 Å². The molecule has 0 saturated carbocycles. The zero-order valence-corrected chi connectivity index (χ0v) is 16.8. The zero-order valence-electron chi connectivity index (χ0n) is 16.0. The molecule has 3 rings (SSSR count). The number of ether oxygens (including phenoxy) is 1. The first-order valence-electron chi connectivity index (χ1n) is 9.57. The van der Waals surface area contributed by atoms with Crippen molar-refractivity contribution in [2.75, 3.05) is 39.3 Å². The van der Waals surface area contributed by atoms with E-state index in [0.29, 0.717) is 44.4 Å². The van der Waals surface area contributed by atoms with Crippen molar-refractivity contribution in [3.05, 3.63) is 34.9 Å². The van der Waals surface area contributed by atoms with E-state index >= 15 is 0 Å². The molecular formula is C20H28ClN3O3. The molecule has 7 heteroatoms. The van der Waals surface area contributed by atoms with Gasteiger partial charge in [0.05, 0.1) is 0 Å². The molecule has 0 bridgehead atoms. The summed E-state index contributed by atoms with van der Waals surface area (Å²) in [6, 6.07) is 7.61. The summed E-state index contributed by atoms with van der Waals surface area (Å²) in [7, 11) is 0. The quantitative estimate of drug-likeness (QED) is 0.855. The number of carbonyl (C=O) groups is 2. The number of hydrogen-bond donors (Lipinski definition) is 1. The average Bonchev–Trinajstić information content (AvgIpc) is 3.21. The summed E-state index contributed by atoms with van der Waals surface area (Å²) in [4.78, 5) is 28.5. The molecule has 0 aliphatic carbocycles. The van der Waals surface area contributed by atoms with Crippen LogP contribution in [-0.4, -0.2) is 67.2 Å². The largest absolute Gasteiger partial charge is 0.368 e. The summed E-state index contributed by atoms with van der Waals surface area (Å²) in [6.45, 7) is 7.47. The number of carbonyl (C=O) groups excluding carboxylic acids is 2. The minimum atomic E-state index is -0.290. The summed E-state index contributed by atoms with van der Waals surface area (Å²) in [5, 5.41) is 3.72. The first-order chi connectivity index (χ1) is 12.9. The van der Waals surface area contributed by atoms with E-state index in [9.17, 15) is 9.59 Å². The number of nitrogens with zero attached hydrogens (tertiary/aromatic N) is 2. The van der Waals surface area contributed by atoms with Crippen molar-refractivity contribution in [1.29, 1.82) is 0 Å². The molecule has 2 aliphatic rings. The third-order valence-electron chi connectivity index (χ3n) is 5.37. The van der Waals surface area contributed by atoms with Crippen molar-refractivity contribution in [2.45, 2.75) is 38.2 Å². The summed E-state index contributed by atoms with van der Waals surface area (Å²) >= 11 is 6.30. The predicted molar refractivity (Wildman–Crippen MR) is 105 cm³/mol.